The molecule has 2 aliphatic rings. The van der Waals surface area contributed by atoms with Crippen LogP contribution in [0.1, 0.15) is 76.4 Å². The van der Waals surface area contributed by atoms with Crippen molar-refractivity contribution in [1.82, 2.24) is 29.1 Å². The number of allylic oxidation sites excluding steroid dienone is 4. The SMILES string of the molecule is CC1=C(C)C(=O)C(C(C)(C)CC(=O)N(C)CCCN(CCCN2CCOCC2)C(=O)Oc2c(Cc3ccccc3)nc3c(Cc4ccccc4)nc(-c4ccccc4)cn23)=C(C)C1=O. The van der Waals surface area contributed by atoms with Crippen molar-refractivity contribution in [2.75, 3.05) is 59.5 Å². The van der Waals surface area contributed by atoms with Gasteiger partial charge in [-0.1, -0.05) is 105 Å². The van der Waals surface area contributed by atoms with E-state index in [1.807, 2.05) is 103 Å². The number of Topliss-reactive ketones (excluding diaryl/α,β-unsaturated/α-hetero) is 2. The first kappa shape index (κ1) is 45.8. The molecule has 0 atom stereocenters. The molecule has 7 rings (SSSR count). The smallest absolute Gasteiger partial charge is 0.391 e. The first-order chi connectivity index (χ1) is 30.8. The molecule has 2 aromatic heterocycles. The lowest BCUT2D eigenvalue weighted by molar-refractivity contribution is -0.131. The number of morpholine rings is 1. The lowest BCUT2D eigenvalue weighted by atomic mass is 9.71. The third kappa shape index (κ3) is 10.7. The first-order valence-electron chi connectivity index (χ1n) is 22.3. The van der Waals surface area contributed by atoms with Crippen LogP contribution in [0.5, 0.6) is 5.88 Å². The van der Waals surface area contributed by atoms with Crippen LogP contribution >= 0.6 is 0 Å². The zero-order valence-electron chi connectivity index (χ0n) is 38.1. The van der Waals surface area contributed by atoms with Crippen molar-refractivity contribution in [3.63, 3.8) is 0 Å². The summed E-state index contributed by atoms with van der Waals surface area (Å²) in [6.45, 7) is 13.7. The van der Waals surface area contributed by atoms with Crippen molar-refractivity contribution in [2.45, 2.75) is 66.7 Å². The van der Waals surface area contributed by atoms with Crippen LogP contribution < -0.4 is 4.74 Å². The van der Waals surface area contributed by atoms with Crippen LogP contribution in [-0.4, -0.2) is 112 Å². The summed E-state index contributed by atoms with van der Waals surface area (Å²) in [5.41, 5.74) is 6.57. The van der Waals surface area contributed by atoms with Gasteiger partial charge in [-0.2, -0.15) is 0 Å². The molecule has 0 bridgehead atoms. The van der Waals surface area contributed by atoms with E-state index in [-0.39, 0.29) is 23.9 Å². The third-order valence-corrected chi connectivity index (χ3v) is 12.4. The average Bonchev–Trinajstić information content (AvgIpc) is 3.64. The Bertz CT molecular complexity index is 2540. The van der Waals surface area contributed by atoms with Crippen molar-refractivity contribution < 1.29 is 28.7 Å². The number of nitrogens with zero attached hydrogens (tertiary/aromatic N) is 6. The summed E-state index contributed by atoms with van der Waals surface area (Å²) in [5.74, 6) is -0.148. The molecule has 2 amide bonds. The van der Waals surface area contributed by atoms with Gasteiger partial charge >= 0.3 is 6.09 Å². The Hall–Kier alpha value is -6.24. The van der Waals surface area contributed by atoms with Crippen molar-refractivity contribution in [2.24, 2.45) is 5.41 Å². The van der Waals surface area contributed by atoms with Crippen molar-refractivity contribution in [3.8, 4) is 17.1 Å². The van der Waals surface area contributed by atoms with E-state index in [1.54, 1.807) is 37.6 Å². The van der Waals surface area contributed by atoms with E-state index in [0.717, 1.165) is 54.1 Å². The van der Waals surface area contributed by atoms with Gasteiger partial charge in [0.2, 0.25) is 11.8 Å². The van der Waals surface area contributed by atoms with Gasteiger partial charge in [0, 0.05) is 105 Å². The zero-order chi connectivity index (χ0) is 45.4. The summed E-state index contributed by atoms with van der Waals surface area (Å²) in [7, 11) is 1.74. The second-order valence-corrected chi connectivity index (χ2v) is 17.6. The lowest BCUT2D eigenvalue weighted by Crippen LogP contribution is -2.41. The van der Waals surface area contributed by atoms with Crippen molar-refractivity contribution >= 4 is 29.2 Å². The maximum atomic E-state index is 14.6. The molecule has 12 nitrogen and oxygen atoms in total. The fourth-order valence-corrected chi connectivity index (χ4v) is 8.69. The number of ether oxygens (including phenoxy) is 2. The molecular formula is C52H60N6O6. The molecule has 0 unspecified atom stereocenters. The Morgan fingerprint density at radius 3 is 1.95 bits per heavy atom. The summed E-state index contributed by atoms with van der Waals surface area (Å²) in [6.07, 6.45) is 3.63. The molecule has 1 aliphatic carbocycles. The second-order valence-electron chi connectivity index (χ2n) is 17.6. The van der Waals surface area contributed by atoms with E-state index < -0.39 is 11.5 Å². The highest BCUT2D eigenvalue weighted by Gasteiger charge is 2.39. The number of fused-ring (bicyclic) bond motifs is 1. The number of aromatic nitrogens is 3. The average molecular weight is 865 g/mol. The van der Waals surface area contributed by atoms with Crippen molar-refractivity contribution in [1.29, 1.82) is 0 Å². The van der Waals surface area contributed by atoms with Gasteiger partial charge in [0.25, 0.3) is 0 Å². The normalized spacial score (nSPS) is 15.0. The monoisotopic (exact) mass is 864 g/mol. The standard InChI is InChI=1S/C52H60N6O6/c1-36-37(2)48(61)46(38(3)47(36)60)52(4,5)34-45(59)55(6)24-16-26-57(27-17-25-56-28-30-63-31-29-56)51(62)64-50-43(33-40-20-12-8-13-21-40)54-49-42(32-39-18-10-7-11-19-39)53-44(35-58(49)50)41-22-14-9-15-23-41/h7-15,18-23,35H,16-17,24-34H2,1-6H3. The molecule has 0 saturated carbocycles. The summed E-state index contributed by atoms with van der Waals surface area (Å²) in [5, 5.41) is 0. The van der Waals surface area contributed by atoms with Crippen LogP contribution in [0.4, 0.5) is 4.79 Å². The van der Waals surface area contributed by atoms with E-state index in [4.69, 9.17) is 19.4 Å². The van der Waals surface area contributed by atoms with Gasteiger partial charge in [0.1, 0.15) is 5.69 Å². The molecule has 3 heterocycles. The quantitative estimate of drug-likeness (QED) is 0.0852. The molecule has 0 N–H and O–H groups in total. The minimum absolute atomic E-state index is 0.0530. The molecule has 1 fully saturated rings. The first-order valence-corrected chi connectivity index (χ1v) is 22.3. The van der Waals surface area contributed by atoms with Crippen LogP contribution in [0.3, 0.4) is 0 Å². The fourth-order valence-electron chi connectivity index (χ4n) is 8.69. The Balaban J connectivity index is 1.15. The van der Waals surface area contributed by atoms with E-state index >= 15 is 0 Å². The molecule has 0 spiro atoms. The van der Waals surface area contributed by atoms with Gasteiger partial charge in [-0.15, -0.1) is 0 Å². The van der Waals surface area contributed by atoms with Gasteiger partial charge in [0.05, 0.1) is 24.6 Å². The topological polar surface area (TPSA) is 127 Å². The van der Waals surface area contributed by atoms with E-state index in [2.05, 4.69) is 17.0 Å². The Morgan fingerprint density at radius 2 is 1.31 bits per heavy atom. The van der Waals surface area contributed by atoms with Crippen LogP contribution in [0, 0.1) is 5.41 Å². The van der Waals surface area contributed by atoms with Gasteiger partial charge in [0.15, 0.2) is 17.2 Å². The summed E-state index contributed by atoms with van der Waals surface area (Å²) in [4.78, 5) is 70.8. The zero-order valence-corrected chi connectivity index (χ0v) is 38.1. The number of ketones is 2. The molecule has 0 radical (unpaired) electrons. The molecule has 5 aromatic rings. The van der Waals surface area contributed by atoms with Gasteiger partial charge in [-0.25, -0.2) is 14.8 Å². The van der Waals surface area contributed by atoms with Crippen LogP contribution in [0.15, 0.2) is 119 Å². The third-order valence-electron chi connectivity index (χ3n) is 12.4. The molecule has 334 valence electrons. The summed E-state index contributed by atoms with van der Waals surface area (Å²) in [6, 6.07) is 30.1. The van der Waals surface area contributed by atoms with Gasteiger partial charge < -0.3 is 19.3 Å². The predicted molar refractivity (Wildman–Crippen MR) is 248 cm³/mol. The maximum Gasteiger partial charge on any atom is 0.416 e. The number of hydrogen-bond acceptors (Lipinski definition) is 9. The molecular weight excluding hydrogens is 805 g/mol. The highest BCUT2D eigenvalue weighted by atomic mass is 16.6. The molecule has 12 heteroatoms. The second kappa shape index (κ2) is 20.5. The van der Waals surface area contributed by atoms with E-state index in [1.165, 1.54) is 0 Å². The highest BCUT2D eigenvalue weighted by molar-refractivity contribution is 6.25. The largest absolute Gasteiger partial charge is 0.416 e. The molecule has 3 aromatic carbocycles. The number of imidazole rings is 1. The number of carbonyl (C=O) groups is 4. The number of carbonyl (C=O) groups excluding carboxylic acids is 4. The minimum atomic E-state index is -0.859. The highest BCUT2D eigenvalue weighted by Crippen LogP contribution is 2.39. The van der Waals surface area contributed by atoms with Gasteiger partial charge in [-0.05, 0) is 44.7 Å². The van der Waals surface area contributed by atoms with Gasteiger partial charge in [-0.3, -0.25) is 23.7 Å². The van der Waals surface area contributed by atoms with Crippen LogP contribution in [0.25, 0.3) is 16.9 Å². The molecule has 64 heavy (non-hydrogen) atoms. The van der Waals surface area contributed by atoms with E-state index in [9.17, 15) is 19.2 Å². The summed E-state index contributed by atoms with van der Waals surface area (Å²) < 4.78 is 14.0. The Morgan fingerprint density at radius 1 is 0.734 bits per heavy atom. The lowest BCUT2D eigenvalue weighted by Gasteiger charge is -2.33. The summed E-state index contributed by atoms with van der Waals surface area (Å²) >= 11 is 0. The molecule has 1 saturated heterocycles. The number of rotatable bonds is 17. The van der Waals surface area contributed by atoms with E-state index in [0.29, 0.717) is 91.6 Å². The number of amides is 2. The number of benzene rings is 3. The Labute approximate surface area is 376 Å². The van der Waals surface area contributed by atoms with Crippen molar-refractivity contribution in [3.05, 3.63) is 142 Å². The number of hydrogen-bond donors (Lipinski definition) is 0. The fraction of sp³-hybridized carbons (Fsp3) is 0.385. The maximum absolute atomic E-state index is 14.6. The molecule has 1 aliphatic heterocycles. The Kier molecular flexibility index (Phi) is 14.7. The minimum Gasteiger partial charge on any atom is -0.391 e. The van der Waals surface area contributed by atoms with Crippen LogP contribution in [-0.2, 0) is 32.0 Å². The predicted octanol–water partition coefficient (Wildman–Crippen LogP) is 8.17. The van der Waals surface area contributed by atoms with Crippen LogP contribution in [0.2, 0.25) is 0 Å².